The summed E-state index contributed by atoms with van der Waals surface area (Å²) in [5.41, 5.74) is 2.20. The summed E-state index contributed by atoms with van der Waals surface area (Å²) in [5.74, 6) is -0.213. The first kappa shape index (κ1) is 12.6. The van der Waals surface area contributed by atoms with Crippen LogP contribution < -0.4 is 5.32 Å². The molecule has 0 saturated carbocycles. The molecule has 1 aromatic heterocycles. The number of hydrogen-bond acceptors (Lipinski definition) is 3. The van der Waals surface area contributed by atoms with E-state index < -0.39 is 0 Å². The van der Waals surface area contributed by atoms with Crippen molar-refractivity contribution in [2.24, 2.45) is 0 Å². The van der Waals surface area contributed by atoms with Crippen LogP contribution in [0, 0.1) is 6.92 Å². The van der Waals surface area contributed by atoms with Gasteiger partial charge in [-0.15, -0.1) is 0 Å². The molecule has 0 aliphatic carbocycles. The second kappa shape index (κ2) is 5.69. The molecular weight excluding hydrogens is 252 g/mol. The van der Waals surface area contributed by atoms with E-state index in [0.29, 0.717) is 17.3 Å². The van der Waals surface area contributed by atoms with Gasteiger partial charge in [0.1, 0.15) is 6.26 Å². The lowest BCUT2D eigenvalue weighted by atomic mass is 10.1. The van der Waals surface area contributed by atoms with Gasteiger partial charge < -0.3 is 9.84 Å². The van der Waals surface area contributed by atoms with Crippen LogP contribution >= 0.6 is 11.6 Å². The maximum absolute atomic E-state index is 11.7. The average molecular weight is 265 g/mol. The van der Waals surface area contributed by atoms with Crippen molar-refractivity contribution >= 4 is 17.5 Å². The smallest absolute Gasteiger partial charge is 0.273 e. The third-order valence-electron chi connectivity index (χ3n) is 2.57. The van der Waals surface area contributed by atoms with Gasteiger partial charge >= 0.3 is 0 Å². The molecule has 1 aromatic carbocycles. The summed E-state index contributed by atoms with van der Waals surface area (Å²) in [5, 5.41) is 7.15. The van der Waals surface area contributed by atoms with Gasteiger partial charge in [0.2, 0.25) is 0 Å². The van der Waals surface area contributed by atoms with Gasteiger partial charge in [-0.2, -0.15) is 0 Å². The van der Waals surface area contributed by atoms with Crippen LogP contribution in [0.2, 0.25) is 5.02 Å². The van der Waals surface area contributed by atoms with E-state index in [2.05, 4.69) is 10.5 Å². The molecule has 0 saturated heterocycles. The lowest BCUT2D eigenvalue weighted by molar-refractivity contribution is 0.0944. The number of nitrogens with one attached hydrogen (secondary N) is 1. The number of benzene rings is 1. The molecule has 0 spiro atoms. The van der Waals surface area contributed by atoms with Crippen molar-refractivity contribution in [2.75, 3.05) is 6.54 Å². The largest absolute Gasteiger partial charge is 0.364 e. The first-order chi connectivity index (χ1) is 8.66. The van der Waals surface area contributed by atoms with Gasteiger partial charge in [-0.25, -0.2) is 0 Å². The van der Waals surface area contributed by atoms with Crippen molar-refractivity contribution in [1.29, 1.82) is 0 Å². The first-order valence-corrected chi connectivity index (χ1v) is 5.98. The fourth-order valence-electron chi connectivity index (χ4n) is 1.56. The summed E-state index contributed by atoms with van der Waals surface area (Å²) in [6.07, 6.45) is 2.20. The number of aromatic nitrogens is 1. The number of carbonyl (C=O) groups is 1. The van der Waals surface area contributed by atoms with Crippen LogP contribution in [0.25, 0.3) is 0 Å². The highest BCUT2D eigenvalue weighted by molar-refractivity contribution is 6.30. The molecule has 0 fully saturated rings. The minimum absolute atomic E-state index is 0.213. The lowest BCUT2D eigenvalue weighted by Gasteiger charge is -2.04. The SMILES string of the molecule is Cc1conc1C(=O)NCCc1ccc(Cl)cc1. The minimum Gasteiger partial charge on any atom is -0.364 e. The summed E-state index contributed by atoms with van der Waals surface area (Å²) in [6, 6.07) is 7.55. The zero-order valence-electron chi connectivity index (χ0n) is 9.94. The highest BCUT2D eigenvalue weighted by Crippen LogP contribution is 2.09. The lowest BCUT2D eigenvalue weighted by Crippen LogP contribution is -2.26. The molecule has 18 heavy (non-hydrogen) atoms. The quantitative estimate of drug-likeness (QED) is 0.924. The fraction of sp³-hybridized carbons (Fsp3) is 0.231. The summed E-state index contributed by atoms with van der Waals surface area (Å²) in [6.45, 7) is 2.33. The van der Waals surface area contributed by atoms with Crippen molar-refractivity contribution in [1.82, 2.24) is 10.5 Å². The Balaban J connectivity index is 1.84. The van der Waals surface area contributed by atoms with Gasteiger partial charge in [0, 0.05) is 17.1 Å². The average Bonchev–Trinajstić information content (AvgIpc) is 2.78. The molecule has 1 N–H and O–H groups in total. The van der Waals surface area contributed by atoms with Crippen LogP contribution in [0.5, 0.6) is 0 Å². The summed E-state index contributed by atoms with van der Waals surface area (Å²) in [4.78, 5) is 11.7. The Morgan fingerprint density at radius 2 is 2.11 bits per heavy atom. The van der Waals surface area contributed by atoms with E-state index in [-0.39, 0.29) is 5.91 Å². The molecule has 1 amide bonds. The predicted octanol–water partition coefficient (Wildman–Crippen LogP) is 2.61. The molecular formula is C13H13ClN2O2. The number of rotatable bonds is 4. The van der Waals surface area contributed by atoms with Crippen LogP contribution in [-0.4, -0.2) is 17.6 Å². The molecule has 4 nitrogen and oxygen atoms in total. The summed E-state index contributed by atoms with van der Waals surface area (Å²) < 4.78 is 4.72. The Kier molecular flexibility index (Phi) is 3.99. The highest BCUT2D eigenvalue weighted by Gasteiger charge is 2.12. The standard InChI is InChI=1S/C13H13ClN2O2/c1-9-8-18-16-12(9)13(17)15-7-6-10-2-4-11(14)5-3-10/h2-5,8H,6-7H2,1H3,(H,15,17). The van der Waals surface area contributed by atoms with Crippen molar-refractivity contribution in [3.05, 3.63) is 52.4 Å². The highest BCUT2D eigenvalue weighted by atomic mass is 35.5. The molecule has 94 valence electrons. The number of aryl methyl sites for hydroxylation is 1. The van der Waals surface area contributed by atoms with Crippen molar-refractivity contribution < 1.29 is 9.32 Å². The van der Waals surface area contributed by atoms with Crippen LogP contribution in [-0.2, 0) is 6.42 Å². The third-order valence-corrected chi connectivity index (χ3v) is 2.83. The molecule has 2 rings (SSSR count). The van der Waals surface area contributed by atoms with Crippen LogP contribution in [0.4, 0.5) is 0 Å². The third kappa shape index (κ3) is 3.11. The summed E-state index contributed by atoms with van der Waals surface area (Å²) >= 11 is 5.79. The maximum Gasteiger partial charge on any atom is 0.273 e. The second-order valence-electron chi connectivity index (χ2n) is 3.98. The number of nitrogens with zero attached hydrogens (tertiary/aromatic N) is 1. The summed E-state index contributed by atoms with van der Waals surface area (Å²) in [7, 11) is 0. The Labute approximate surface area is 110 Å². The molecule has 5 heteroatoms. The Morgan fingerprint density at radius 3 is 2.72 bits per heavy atom. The van der Waals surface area contributed by atoms with Crippen LogP contribution in [0.15, 0.2) is 35.1 Å². The van der Waals surface area contributed by atoms with Crippen molar-refractivity contribution in [3.63, 3.8) is 0 Å². The van der Waals surface area contributed by atoms with E-state index in [9.17, 15) is 4.79 Å². The minimum atomic E-state index is -0.213. The van der Waals surface area contributed by atoms with Crippen molar-refractivity contribution in [3.8, 4) is 0 Å². The van der Waals surface area contributed by atoms with E-state index >= 15 is 0 Å². The van der Waals surface area contributed by atoms with E-state index in [4.69, 9.17) is 16.1 Å². The first-order valence-electron chi connectivity index (χ1n) is 5.60. The molecule has 0 aliphatic heterocycles. The molecule has 0 atom stereocenters. The Morgan fingerprint density at radius 1 is 1.39 bits per heavy atom. The molecule has 0 bridgehead atoms. The topological polar surface area (TPSA) is 55.1 Å². The van der Waals surface area contributed by atoms with Gasteiger partial charge in [-0.1, -0.05) is 28.9 Å². The van der Waals surface area contributed by atoms with Gasteiger partial charge in [-0.05, 0) is 31.0 Å². The Bertz CT molecular complexity index is 534. The van der Waals surface area contributed by atoms with E-state index in [0.717, 1.165) is 17.5 Å². The van der Waals surface area contributed by atoms with Gasteiger partial charge in [0.25, 0.3) is 5.91 Å². The maximum atomic E-state index is 11.7. The van der Waals surface area contributed by atoms with Crippen LogP contribution in [0.1, 0.15) is 21.6 Å². The van der Waals surface area contributed by atoms with Gasteiger partial charge in [-0.3, -0.25) is 4.79 Å². The Hall–Kier alpha value is -1.81. The van der Waals surface area contributed by atoms with E-state index in [1.54, 1.807) is 6.92 Å². The van der Waals surface area contributed by atoms with Gasteiger partial charge in [0.15, 0.2) is 5.69 Å². The monoisotopic (exact) mass is 264 g/mol. The number of amides is 1. The predicted molar refractivity (Wildman–Crippen MR) is 68.7 cm³/mol. The molecule has 0 radical (unpaired) electrons. The fourth-order valence-corrected chi connectivity index (χ4v) is 1.69. The van der Waals surface area contributed by atoms with E-state index in [1.165, 1.54) is 6.26 Å². The zero-order valence-corrected chi connectivity index (χ0v) is 10.7. The van der Waals surface area contributed by atoms with Gasteiger partial charge in [0.05, 0.1) is 0 Å². The molecule has 0 aliphatic rings. The number of halogens is 1. The molecule has 0 unspecified atom stereocenters. The molecule has 2 aromatic rings. The second-order valence-corrected chi connectivity index (χ2v) is 4.41. The number of carbonyl (C=O) groups excluding carboxylic acids is 1. The molecule has 1 heterocycles. The van der Waals surface area contributed by atoms with Crippen molar-refractivity contribution in [2.45, 2.75) is 13.3 Å². The normalized spacial score (nSPS) is 10.3. The van der Waals surface area contributed by atoms with E-state index in [1.807, 2.05) is 24.3 Å². The number of hydrogen-bond donors (Lipinski definition) is 1. The van der Waals surface area contributed by atoms with Crippen LogP contribution in [0.3, 0.4) is 0 Å². The zero-order chi connectivity index (χ0) is 13.0.